The molecule has 0 saturated carbocycles. The Kier molecular flexibility index (Phi) is 7.25. The Morgan fingerprint density at radius 1 is 1.17 bits per heavy atom. The van der Waals surface area contributed by atoms with Gasteiger partial charge >= 0.3 is 5.97 Å². The molecule has 1 amide bonds. The van der Waals surface area contributed by atoms with E-state index in [9.17, 15) is 9.59 Å². The maximum Gasteiger partial charge on any atom is 0.320 e. The number of hydrogen-bond acceptors (Lipinski definition) is 3. The molecule has 1 saturated heterocycles. The molecule has 0 spiro atoms. The first-order valence-corrected chi connectivity index (χ1v) is 6.23. The molecule has 0 bridgehead atoms. The predicted molar refractivity (Wildman–Crippen MR) is 72.0 cm³/mol. The van der Waals surface area contributed by atoms with E-state index in [0.717, 1.165) is 0 Å². The molecule has 0 radical (unpaired) electrons. The van der Waals surface area contributed by atoms with Crippen molar-refractivity contribution in [2.45, 2.75) is 33.2 Å². The molecule has 0 aliphatic carbocycles. The van der Waals surface area contributed by atoms with Gasteiger partial charge in [-0.25, -0.2) is 0 Å². The first kappa shape index (κ1) is 17.2. The minimum atomic E-state index is -0.767. The number of nitrogens with zero attached hydrogens (tertiary/aromatic N) is 2. The zero-order chi connectivity index (χ0) is 13.0. The SMILES string of the molecule is CCC(C(=O)O)N1CCN(C(=O)C(C)C)CC1.Cl. The van der Waals surface area contributed by atoms with Crippen LogP contribution in [0.4, 0.5) is 0 Å². The van der Waals surface area contributed by atoms with Crippen LogP contribution in [0, 0.1) is 5.92 Å². The van der Waals surface area contributed by atoms with Gasteiger partial charge in [-0.1, -0.05) is 20.8 Å². The lowest BCUT2D eigenvalue weighted by molar-refractivity contribution is -0.145. The van der Waals surface area contributed by atoms with Crippen LogP contribution < -0.4 is 0 Å². The fourth-order valence-electron chi connectivity index (χ4n) is 2.21. The van der Waals surface area contributed by atoms with Gasteiger partial charge in [0.25, 0.3) is 0 Å². The van der Waals surface area contributed by atoms with E-state index in [-0.39, 0.29) is 24.2 Å². The lowest BCUT2D eigenvalue weighted by atomic mass is 10.1. The molecule has 18 heavy (non-hydrogen) atoms. The Morgan fingerprint density at radius 2 is 1.67 bits per heavy atom. The van der Waals surface area contributed by atoms with Gasteiger partial charge < -0.3 is 10.0 Å². The van der Waals surface area contributed by atoms with Crippen LogP contribution in [0.1, 0.15) is 27.2 Å². The van der Waals surface area contributed by atoms with Crippen molar-refractivity contribution in [2.24, 2.45) is 5.92 Å². The molecule has 1 aliphatic heterocycles. The Balaban J connectivity index is 0.00000289. The summed E-state index contributed by atoms with van der Waals surface area (Å²) in [6.07, 6.45) is 0.605. The number of amides is 1. The largest absolute Gasteiger partial charge is 0.480 e. The summed E-state index contributed by atoms with van der Waals surface area (Å²) in [7, 11) is 0. The predicted octanol–water partition coefficient (Wildman–Crippen LogP) is 1.07. The van der Waals surface area contributed by atoms with Gasteiger partial charge in [0.2, 0.25) is 5.91 Å². The van der Waals surface area contributed by atoms with Crippen LogP contribution in [0.5, 0.6) is 0 Å². The van der Waals surface area contributed by atoms with E-state index in [1.165, 1.54) is 0 Å². The summed E-state index contributed by atoms with van der Waals surface area (Å²) >= 11 is 0. The number of halogens is 1. The van der Waals surface area contributed by atoms with Crippen LogP contribution in [-0.4, -0.2) is 59.0 Å². The van der Waals surface area contributed by atoms with Gasteiger partial charge in [0.15, 0.2) is 0 Å². The van der Waals surface area contributed by atoms with Gasteiger partial charge in [-0.3, -0.25) is 14.5 Å². The Hall–Kier alpha value is -0.810. The number of carbonyl (C=O) groups excluding carboxylic acids is 1. The maximum atomic E-state index is 11.8. The third-order valence-electron chi connectivity index (χ3n) is 3.23. The second-order valence-electron chi connectivity index (χ2n) is 4.78. The third kappa shape index (κ3) is 4.14. The Bertz CT molecular complexity index is 289. The zero-order valence-corrected chi connectivity index (χ0v) is 12.1. The third-order valence-corrected chi connectivity index (χ3v) is 3.23. The summed E-state index contributed by atoms with van der Waals surface area (Å²) in [5, 5.41) is 9.07. The van der Waals surface area contributed by atoms with E-state index in [1.807, 2.05) is 30.6 Å². The van der Waals surface area contributed by atoms with Crippen LogP contribution in [0.3, 0.4) is 0 Å². The van der Waals surface area contributed by atoms with Crippen LogP contribution in [0.2, 0.25) is 0 Å². The Labute approximate surface area is 115 Å². The van der Waals surface area contributed by atoms with Crippen molar-refractivity contribution < 1.29 is 14.7 Å². The highest BCUT2D eigenvalue weighted by Gasteiger charge is 2.29. The number of hydrogen-bond donors (Lipinski definition) is 1. The number of carboxylic acids is 1. The lowest BCUT2D eigenvalue weighted by Gasteiger charge is -2.38. The van der Waals surface area contributed by atoms with E-state index in [4.69, 9.17) is 5.11 Å². The van der Waals surface area contributed by atoms with Crippen molar-refractivity contribution in [2.75, 3.05) is 26.2 Å². The molecule has 5 nitrogen and oxygen atoms in total. The summed E-state index contributed by atoms with van der Waals surface area (Å²) in [5.74, 6) is -0.591. The molecule has 1 atom stereocenters. The molecule has 1 heterocycles. The number of carboxylic acid groups (broad SMARTS) is 1. The van der Waals surface area contributed by atoms with E-state index in [1.54, 1.807) is 0 Å². The van der Waals surface area contributed by atoms with Gasteiger partial charge in [-0.05, 0) is 6.42 Å². The van der Waals surface area contributed by atoms with Crippen molar-refractivity contribution in [3.05, 3.63) is 0 Å². The molecule has 1 fully saturated rings. The summed E-state index contributed by atoms with van der Waals surface area (Å²) in [4.78, 5) is 26.6. The smallest absolute Gasteiger partial charge is 0.320 e. The molecule has 1 N–H and O–H groups in total. The monoisotopic (exact) mass is 278 g/mol. The van der Waals surface area contributed by atoms with Crippen molar-refractivity contribution in [3.63, 3.8) is 0 Å². The fourth-order valence-corrected chi connectivity index (χ4v) is 2.21. The van der Waals surface area contributed by atoms with Crippen LogP contribution >= 0.6 is 12.4 Å². The van der Waals surface area contributed by atoms with Crippen LogP contribution in [0.15, 0.2) is 0 Å². The number of rotatable bonds is 4. The zero-order valence-electron chi connectivity index (χ0n) is 11.3. The summed E-state index contributed by atoms with van der Waals surface area (Å²) in [6.45, 7) is 8.25. The van der Waals surface area contributed by atoms with E-state index in [0.29, 0.717) is 32.6 Å². The van der Waals surface area contributed by atoms with Crippen LogP contribution in [-0.2, 0) is 9.59 Å². The minimum absolute atomic E-state index is 0. The molecule has 0 aromatic carbocycles. The topological polar surface area (TPSA) is 60.9 Å². The van der Waals surface area contributed by atoms with Gasteiger partial charge in [0.05, 0.1) is 0 Å². The lowest BCUT2D eigenvalue weighted by Crippen LogP contribution is -2.54. The van der Waals surface area contributed by atoms with E-state index < -0.39 is 12.0 Å². The molecule has 1 aliphatic rings. The van der Waals surface area contributed by atoms with Gasteiger partial charge in [0, 0.05) is 32.1 Å². The van der Waals surface area contributed by atoms with Crippen LogP contribution in [0.25, 0.3) is 0 Å². The molecule has 0 aromatic heterocycles. The van der Waals surface area contributed by atoms with Crippen molar-refractivity contribution in [1.82, 2.24) is 9.80 Å². The maximum absolute atomic E-state index is 11.8. The second-order valence-corrected chi connectivity index (χ2v) is 4.78. The Morgan fingerprint density at radius 3 is 2.00 bits per heavy atom. The highest BCUT2D eigenvalue weighted by atomic mass is 35.5. The van der Waals surface area contributed by atoms with Crippen molar-refractivity contribution in [1.29, 1.82) is 0 Å². The van der Waals surface area contributed by atoms with Gasteiger partial charge in [-0.15, -0.1) is 12.4 Å². The summed E-state index contributed by atoms with van der Waals surface area (Å²) in [5.41, 5.74) is 0. The molecule has 6 heteroatoms. The minimum Gasteiger partial charge on any atom is -0.480 e. The molecule has 0 aromatic rings. The highest BCUT2D eigenvalue weighted by Crippen LogP contribution is 2.11. The molecular formula is C12H23ClN2O3. The molecule has 106 valence electrons. The number of aliphatic carboxylic acids is 1. The van der Waals surface area contributed by atoms with E-state index in [2.05, 4.69) is 0 Å². The first-order valence-electron chi connectivity index (χ1n) is 6.23. The molecule has 1 rings (SSSR count). The van der Waals surface area contributed by atoms with Crippen molar-refractivity contribution >= 4 is 24.3 Å². The van der Waals surface area contributed by atoms with E-state index >= 15 is 0 Å². The standard InChI is InChI=1S/C12H22N2O3.ClH/c1-4-10(12(16)17)13-5-7-14(8-6-13)11(15)9(2)3;/h9-10H,4-8H2,1-3H3,(H,16,17);1H. The number of piperazine rings is 1. The normalized spacial score (nSPS) is 18.3. The average molecular weight is 279 g/mol. The fraction of sp³-hybridized carbons (Fsp3) is 0.833. The average Bonchev–Trinajstić information content (AvgIpc) is 2.29. The summed E-state index contributed by atoms with van der Waals surface area (Å²) < 4.78 is 0. The quantitative estimate of drug-likeness (QED) is 0.836. The van der Waals surface area contributed by atoms with Gasteiger partial charge in [-0.2, -0.15) is 0 Å². The van der Waals surface area contributed by atoms with Crippen molar-refractivity contribution in [3.8, 4) is 0 Å². The second kappa shape index (κ2) is 7.59. The molecular weight excluding hydrogens is 256 g/mol. The first-order chi connectivity index (χ1) is 7.97. The van der Waals surface area contributed by atoms with Gasteiger partial charge in [0.1, 0.15) is 6.04 Å². The molecule has 1 unspecified atom stereocenters. The highest BCUT2D eigenvalue weighted by molar-refractivity contribution is 5.85. The number of carbonyl (C=O) groups is 2. The summed E-state index contributed by atoms with van der Waals surface area (Å²) in [6, 6.07) is -0.411.